The summed E-state index contributed by atoms with van der Waals surface area (Å²) in [6.07, 6.45) is 3.73. The molecule has 1 atom stereocenters. The number of hydrogen-bond acceptors (Lipinski definition) is 5. The van der Waals surface area contributed by atoms with E-state index in [1.54, 1.807) is 0 Å². The summed E-state index contributed by atoms with van der Waals surface area (Å²) < 4.78 is 10.3. The van der Waals surface area contributed by atoms with E-state index in [-0.39, 0.29) is 24.3 Å². The van der Waals surface area contributed by atoms with Gasteiger partial charge in [0.25, 0.3) is 5.91 Å². The maximum atomic E-state index is 12.2. The second-order valence-corrected chi connectivity index (χ2v) is 5.19. The van der Waals surface area contributed by atoms with Crippen LogP contribution in [0.1, 0.15) is 32.1 Å². The SMILES string of the molecule is COC(=O)C1(NC(=O)C2CNCCO2)CCCCC1.Cl. The van der Waals surface area contributed by atoms with Crippen molar-refractivity contribution in [2.75, 3.05) is 26.8 Å². The average molecular weight is 307 g/mol. The largest absolute Gasteiger partial charge is 0.467 e. The van der Waals surface area contributed by atoms with Crippen LogP contribution in [-0.4, -0.2) is 50.3 Å². The Morgan fingerprint density at radius 2 is 2.00 bits per heavy atom. The van der Waals surface area contributed by atoms with Crippen molar-refractivity contribution in [3.05, 3.63) is 0 Å². The Morgan fingerprint density at radius 3 is 2.55 bits per heavy atom. The van der Waals surface area contributed by atoms with Crippen molar-refractivity contribution < 1.29 is 19.1 Å². The molecule has 1 saturated carbocycles. The number of esters is 1. The van der Waals surface area contributed by atoms with Crippen molar-refractivity contribution >= 4 is 24.3 Å². The Kier molecular flexibility index (Phi) is 6.71. The van der Waals surface area contributed by atoms with E-state index < -0.39 is 11.6 Å². The third-order valence-electron chi connectivity index (χ3n) is 3.87. The quantitative estimate of drug-likeness (QED) is 0.738. The highest BCUT2D eigenvalue weighted by atomic mass is 35.5. The summed E-state index contributed by atoms with van der Waals surface area (Å²) in [5, 5.41) is 5.98. The minimum absolute atomic E-state index is 0. The third kappa shape index (κ3) is 3.84. The summed E-state index contributed by atoms with van der Waals surface area (Å²) in [4.78, 5) is 24.2. The Bertz CT molecular complexity index is 339. The van der Waals surface area contributed by atoms with Crippen molar-refractivity contribution in [1.82, 2.24) is 10.6 Å². The molecule has 0 aromatic heterocycles. The second kappa shape index (κ2) is 7.81. The molecular formula is C13H23ClN2O4. The topological polar surface area (TPSA) is 76.7 Å². The maximum absolute atomic E-state index is 12.2. The first kappa shape index (κ1) is 17.2. The van der Waals surface area contributed by atoms with Crippen LogP contribution in [0.5, 0.6) is 0 Å². The minimum atomic E-state index is -0.856. The summed E-state index contributed by atoms with van der Waals surface area (Å²) in [6.45, 7) is 1.76. The molecule has 0 bridgehead atoms. The van der Waals surface area contributed by atoms with Crippen LogP contribution in [0.15, 0.2) is 0 Å². The van der Waals surface area contributed by atoms with Gasteiger partial charge in [0.2, 0.25) is 0 Å². The normalized spacial score (nSPS) is 25.1. The highest BCUT2D eigenvalue weighted by Crippen LogP contribution is 2.29. The number of carbonyl (C=O) groups excluding carboxylic acids is 2. The minimum Gasteiger partial charge on any atom is -0.467 e. The third-order valence-corrected chi connectivity index (χ3v) is 3.87. The molecule has 0 radical (unpaired) electrons. The van der Waals surface area contributed by atoms with E-state index in [0.717, 1.165) is 25.8 Å². The zero-order valence-electron chi connectivity index (χ0n) is 11.8. The van der Waals surface area contributed by atoms with Crippen LogP contribution < -0.4 is 10.6 Å². The van der Waals surface area contributed by atoms with Crippen molar-refractivity contribution in [2.45, 2.75) is 43.7 Å². The summed E-state index contributed by atoms with van der Waals surface area (Å²) in [7, 11) is 1.36. The van der Waals surface area contributed by atoms with Gasteiger partial charge in [-0.15, -0.1) is 12.4 Å². The number of rotatable bonds is 3. The monoisotopic (exact) mass is 306 g/mol. The Balaban J connectivity index is 0.00000200. The van der Waals surface area contributed by atoms with E-state index in [1.807, 2.05) is 0 Å². The first-order valence-electron chi connectivity index (χ1n) is 6.91. The Hall–Kier alpha value is -0.850. The number of morpholine rings is 1. The Labute approximate surface area is 125 Å². The van der Waals surface area contributed by atoms with Crippen molar-refractivity contribution in [3.8, 4) is 0 Å². The number of carbonyl (C=O) groups is 2. The van der Waals surface area contributed by atoms with Crippen LogP contribution in [0.4, 0.5) is 0 Å². The molecule has 116 valence electrons. The lowest BCUT2D eigenvalue weighted by molar-refractivity contribution is -0.155. The van der Waals surface area contributed by atoms with Gasteiger partial charge in [-0.1, -0.05) is 19.3 Å². The lowest BCUT2D eigenvalue weighted by Gasteiger charge is -2.36. The second-order valence-electron chi connectivity index (χ2n) is 5.19. The lowest BCUT2D eigenvalue weighted by atomic mass is 9.81. The molecular weight excluding hydrogens is 284 g/mol. The van der Waals surface area contributed by atoms with Crippen LogP contribution in [0.2, 0.25) is 0 Å². The molecule has 0 aromatic carbocycles. The van der Waals surface area contributed by atoms with E-state index in [0.29, 0.717) is 26.0 Å². The first-order valence-corrected chi connectivity index (χ1v) is 6.91. The molecule has 1 aliphatic heterocycles. The fourth-order valence-corrected chi connectivity index (χ4v) is 2.78. The summed E-state index contributed by atoms with van der Waals surface area (Å²) in [6, 6.07) is 0. The number of methoxy groups -OCH3 is 1. The van der Waals surface area contributed by atoms with E-state index in [4.69, 9.17) is 9.47 Å². The fourth-order valence-electron chi connectivity index (χ4n) is 2.78. The van der Waals surface area contributed by atoms with Gasteiger partial charge in [0.15, 0.2) is 0 Å². The molecule has 1 amide bonds. The molecule has 0 spiro atoms. The van der Waals surface area contributed by atoms with Crippen LogP contribution in [0, 0.1) is 0 Å². The molecule has 1 saturated heterocycles. The highest BCUT2D eigenvalue weighted by molar-refractivity contribution is 5.90. The molecule has 2 rings (SSSR count). The average Bonchev–Trinajstić information content (AvgIpc) is 2.48. The summed E-state index contributed by atoms with van der Waals surface area (Å²) in [5.41, 5.74) is -0.856. The standard InChI is InChI=1S/C13H22N2O4.ClH/c1-18-12(17)13(5-3-2-4-6-13)15-11(16)10-9-14-7-8-19-10;/h10,14H,2-9H2,1H3,(H,15,16);1H. The molecule has 6 nitrogen and oxygen atoms in total. The number of hydrogen-bond donors (Lipinski definition) is 2. The predicted molar refractivity (Wildman–Crippen MR) is 75.8 cm³/mol. The van der Waals surface area contributed by atoms with Gasteiger partial charge in [0.05, 0.1) is 13.7 Å². The molecule has 2 aliphatic rings. The number of ether oxygens (including phenoxy) is 2. The van der Waals surface area contributed by atoms with Gasteiger partial charge in [-0.2, -0.15) is 0 Å². The molecule has 7 heteroatoms. The summed E-state index contributed by atoms with van der Waals surface area (Å²) in [5.74, 6) is -0.566. The molecule has 20 heavy (non-hydrogen) atoms. The molecule has 1 heterocycles. The van der Waals surface area contributed by atoms with Gasteiger partial charge in [-0.3, -0.25) is 4.79 Å². The molecule has 1 unspecified atom stereocenters. The zero-order chi connectivity index (χ0) is 13.7. The number of halogens is 1. The van der Waals surface area contributed by atoms with E-state index >= 15 is 0 Å². The van der Waals surface area contributed by atoms with Crippen molar-refractivity contribution in [3.63, 3.8) is 0 Å². The van der Waals surface area contributed by atoms with Crippen molar-refractivity contribution in [2.24, 2.45) is 0 Å². The van der Waals surface area contributed by atoms with Crippen LogP contribution in [-0.2, 0) is 19.1 Å². The van der Waals surface area contributed by atoms with Gasteiger partial charge in [-0.05, 0) is 12.8 Å². The van der Waals surface area contributed by atoms with Gasteiger partial charge in [0.1, 0.15) is 11.6 Å². The van der Waals surface area contributed by atoms with Crippen molar-refractivity contribution in [1.29, 1.82) is 0 Å². The summed E-state index contributed by atoms with van der Waals surface area (Å²) >= 11 is 0. The smallest absolute Gasteiger partial charge is 0.331 e. The molecule has 2 fully saturated rings. The fraction of sp³-hybridized carbons (Fsp3) is 0.846. The van der Waals surface area contributed by atoms with Gasteiger partial charge in [-0.25, -0.2) is 4.79 Å². The first-order chi connectivity index (χ1) is 9.18. The van der Waals surface area contributed by atoms with Crippen LogP contribution in [0.3, 0.4) is 0 Å². The molecule has 0 aromatic rings. The Morgan fingerprint density at radius 1 is 1.30 bits per heavy atom. The van der Waals surface area contributed by atoms with Gasteiger partial charge in [0, 0.05) is 13.1 Å². The number of nitrogens with one attached hydrogen (secondary N) is 2. The molecule has 1 aliphatic carbocycles. The lowest BCUT2D eigenvalue weighted by Crippen LogP contribution is -2.60. The highest BCUT2D eigenvalue weighted by Gasteiger charge is 2.43. The number of amides is 1. The van der Waals surface area contributed by atoms with Gasteiger partial charge >= 0.3 is 5.97 Å². The van der Waals surface area contributed by atoms with E-state index in [1.165, 1.54) is 7.11 Å². The van der Waals surface area contributed by atoms with E-state index in [9.17, 15) is 9.59 Å². The maximum Gasteiger partial charge on any atom is 0.331 e. The van der Waals surface area contributed by atoms with Gasteiger partial charge < -0.3 is 20.1 Å². The molecule has 2 N–H and O–H groups in total. The van der Waals surface area contributed by atoms with E-state index in [2.05, 4.69) is 10.6 Å². The zero-order valence-corrected chi connectivity index (χ0v) is 12.6. The van der Waals surface area contributed by atoms with Crippen LogP contribution >= 0.6 is 12.4 Å². The van der Waals surface area contributed by atoms with Crippen LogP contribution in [0.25, 0.3) is 0 Å². The predicted octanol–water partition coefficient (Wildman–Crippen LogP) is 0.389.